The average Bonchev–Trinajstić information content (AvgIpc) is 3.38. The second-order valence-electron chi connectivity index (χ2n) is 7.55. The summed E-state index contributed by atoms with van der Waals surface area (Å²) >= 11 is 0. The van der Waals surface area contributed by atoms with Gasteiger partial charge in [0.25, 0.3) is 5.91 Å². The quantitative estimate of drug-likeness (QED) is 0.411. The zero-order valence-corrected chi connectivity index (χ0v) is 18.0. The maximum Gasteiger partial charge on any atom is 0.276 e. The molecule has 33 heavy (non-hydrogen) atoms. The highest BCUT2D eigenvalue weighted by Gasteiger charge is 2.17. The fourth-order valence-electron chi connectivity index (χ4n) is 3.50. The highest BCUT2D eigenvalue weighted by atomic mass is 16.5. The summed E-state index contributed by atoms with van der Waals surface area (Å²) in [4.78, 5) is 23.2. The van der Waals surface area contributed by atoms with Crippen molar-refractivity contribution >= 4 is 22.5 Å². The molecule has 0 saturated carbocycles. The second kappa shape index (κ2) is 8.92. The molecule has 0 radical (unpaired) electrons. The number of anilines is 1. The van der Waals surface area contributed by atoms with Crippen molar-refractivity contribution in [3.63, 3.8) is 0 Å². The first-order valence-electron chi connectivity index (χ1n) is 10.5. The van der Waals surface area contributed by atoms with Crippen molar-refractivity contribution in [2.45, 2.75) is 6.61 Å². The number of nitrogens with zero attached hydrogens (tertiary/aromatic N) is 4. The lowest BCUT2D eigenvalue weighted by molar-refractivity contribution is 0.0988. The number of pyridine rings is 2. The molecule has 1 amide bonds. The molecular weight excluding hydrogens is 414 g/mol. The van der Waals surface area contributed by atoms with E-state index >= 15 is 0 Å². The summed E-state index contributed by atoms with van der Waals surface area (Å²) in [6, 6.07) is 24.8. The van der Waals surface area contributed by atoms with E-state index < -0.39 is 0 Å². The number of carbonyl (C=O) groups is 1. The van der Waals surface area contributed by atoms with Gasteiger partial charge in [-0.25, -0.2) is 4.98 Å². The van der Waals surface area contributed by atoms with Crippen LogP contribution in [-0.2, 0) is 6.61 Å². The van der Waals surface area contributed by atoms with Crippen molar-refractivity contribution in [3.8, 4) is 17.0 Å². The van der Waals surface area contributed by atoms with Gasteiger partial charge in [0.2, 0.25) is 0 Å². The molecule has 0 saturated heterocycles. The predicted molar refractivity (Wildman–Crippen MR) is 127 cm³/mol. The number of hydrogen-bond acceptors (Lipinski definition) is 5. The largest absolute Gasteiger partial charge is 0.487 e. The van der Waals surface area contributed by atoms with E-state index in [9.17, 15) is 4.79 Å². The Morgan fingerprint density at radius 1 is 1.00 bits per heavy atom. The Hall–Kier alpha value is -4.52. The van der Waals surface area contributed by atoms with E-state index in [0.717, 1.165) is 27.8 Å². The molecule has 1 N–H and O–H groups in total. The van der Waals surface area contributed by atoms with E-state index in [0.29, 0.717) is 23.7 Å². The summed E-state index contributed by atoms with van der Waals surface area (Å²) in [5, 5.41) is 8.15. The number of nitrogens with one attached hydrogen (secondary N) is 1. The molecule has 3 aromatic heterocycles. The van der Waals surface area contributed by atoms with Crippen molar-refractivity contribution in [2.24, 2.45) is 0 Å². The van der Waals surface area contributed by atoms with Gasteiger partial charge in [-0.05, 0) is 54.6 Å². The first-order valence-corrected chi connectivity index (χ1v) is 10.5. The molecule has 0 atom stereocenters. The number of carbonyl (C=O) groups excluding carboxylic acids is 1. The molecule has 2 aromatic carbocycles. The van der Waals surface area contributed by atoms with Gasteiger partial charge in [0.05, 0.1) is 16.9 Å². The van der Waals surface area contributed by atoms with E-state index in [1.807, 2.05) is 72.8 Å². The fraction of sp³-hybridized carbons (Fsp3) is 0.0769. The average molecular weight is 435 g/mol. The molecule has 0 aliphatic carbocycles. The van der Waals surface area contributed by atoms with Crippen LogP contribution in [0.3, 0.4) is 0 Å². The number of aromatic amines is 1. The topological polar surface area (TPSA) is 84.0 Å². The first-order chi connectivity index (χ1) is 16.2. The van der Waals surface area contributed by atoms with Crippen molar-refractivity contribution in [1.29, 1.82) is 0 Å². The summed E-state index contributed by atoms with van der Waals surface area (Å²) in [6.45, 7) is 0.365. The number of rotatable bonds is 6. The van der Waals surface area contributed by atoms with Gasteiger partial charge in [-0.3, -0.25) is 14.9 Å². The molecule has 0 spiro atoms. The summed E-state index contributed by atoms with van der Waals surface area (Å²) in [5.41, 5.74) is 4.46. The van der Waals surface area contributed by atoms with E-state index in [1.165, 1.54) is 0 Å². The van der Waals surface area contributed by atoms with Crippen LogP contribution in [0, 0.1) is 0 Å². The van der Waals surface area contributed by atoms with E-state index in [2.05, 4.69) is 20.2 Å². The van der Waals surface area contributed by atoms with Crippen LogP contribution in [0.25, 0.3) is 22.2 Å². The number of H-pyrrole nitrogens is 1. The van der Waals surface area contributed by atoms with Crippen LogP contribution in [0.1, 0.15) is 16.2 Å². The van der Waals surface area contributed by atoms with E-state index in [1.54, 1.807) is 30.4 Å². The van der Waals surface area contributed by atoms with Gasteiger partial charge < -0.3 is 9.64 Å². The van der Waals surface area contributed by atoms with Crippen molar-refractivity contribution in [1.82, 2.24) is 20.2 Å². The van der Waals surface area contributed by atoms with E-state index in [4.69, 9.17) is 4.74 Å². The Balaban J connectivity index is 1.24. The summed E-state index contributed by atoms with van der Waals surface area (Å²) in [7, 11) is 1.72. The van der Waals surface area contributed by atoms with Gasteiger partial charge in [0, 0.05) is 36.1 Å². The normalized spacial score (nSPS) is 10.8. The first kappa shape index (κ1) is 20.4. The third-order valence-corrected chi connectivity index (χ3v) is 5.34. The molecule has 3 heterocycles. The number of para-hydroxylation sites is 1. The molecule has 0 unspecified atom stereocenters. The predicted octanol–water partition coefficient (Wildman–Crippen LogP) is 4.88. The third-order valence-electron chi connectivity index (χ3n) is 5.34. The maximum absolute atomic E-state index is 12.9. The number of ether oxygens (including phenoxy) is 1. The van der Waals surface area contributed by atoms with Crippen LogP contribution in [0.4, 0.5) is 5.69 Å². The molecule has 7 heteroatoms. The monoisotopic (exact) mass is 435 g/mol. The Bertz CT molecular complexity index is 1400. The van der Waals surface area contributed by atoms with Crippen LogP contribution in [-0.4, -0.2) is 33.1 Å². The zero-order chi connectivity index (χ0) is 22.6. The Labute approximate surface area is 190 Å². The highest BCUT2D eigenvalue weighted by Crippen LogP contribution is 2.22. The Morgan fingerprint density at radius 3 is 2.67 bits per heavy atom. The lowest BCUT2D eigenvalue weighted by atomic mass is 10.2. The molecule has 0 bridgehead atoms. The van der Waals surface area contributed by atoms with Gasteiger partial charge in [-0.15, -0.1) is 0 Å². The summed E-state index contributed by atoms with van der Waals surface area (Å²) < 4.78 is 5.89. The van der Waals surface area contributed by atoms with E-state index in [-0.39, 0.29) is 5.91 Å². The van der Waals surface area contributed by atoms with Crippen LogP contribution in [0.2, 0.25) is 0 Å². The second-order valence-corrected chi connectivity index (χ2v) is 7.55. The lowest BCUT2D eigenvalue weighted by Crippen LogP contribution is -2.26. The molecular formula is C26H21N5O2. The zero-order valence-electron chi connectivity index (χ0n) is 18.0. The minimum Gasteiger partial charge on any atom is -0.487 e. The summed E-state index contributed by atoms with van der Waals surface area (Å²) in [6.07, 6.45) is 3.40. The minimum absolute atomic E-state index is 0.188. The maximum atomic E-state index is 12.9. The van der Waals surface area contributed by atoms with Crippen molar-refractivity contribution in [2.75, 3.05) is 11.9 Å². The number of amides is 1. The fourth-order valence-corrected chi connectivity index (χ4v) is 3.50. The minimum atomic E-state index is -0.188. The van der Waals surface area contributed by atoms with Crippen molar-refractivity contribution in [3.05, 3.63) is 103 Å². The lowest BCUT2D eigenvalue weighted by Gasteiger charge is -2.17. The SMILES string of the molecule is CN(C(=O)c1cc(-c2cccnc2)n[nH]1)c1ccc(OCc2ccc3ccccc3n2)cc1. The molecule has 5 aromatic rings. The van der Waals surface area contributed by atoms with Crippen LogP contribution in [0.5, 0.6) is 5.75 Å². The molecule has 5 rings (SSSR count). The number of hydrogen-bond donors (Lipinski definition) is 1. The molecule has 7 nitrogen and oxygen atoms in total. The van der Waals surface area contributed by atoms with Gasteiger partial charge in [0.15, 0.2) is 0 Å². The number of aromatic nitrogens is 4. The number of fused-ring (bicyclic) bond motifs is 1. The Kier molecular flexibility index (Phi) is 5.51. The summed E-state index contributed by atoms with van der Waals surface area (Å²) in [5.74, 6) is 0.515. The van der Waals surface area contributed by atoms with Gasteiger partial charge >= 0.3 is 0 Å². The van der Waals surface area contributed by atoms with Gasteiger partial charge in [-0.1, -0.05) is 24.3 Å². The van der Waals surface area contributed by atoms with Crippen LogP contribution >= 0.6 is 0 Å². The molecule has 0 fully saturated rings. The van der Waals surface area contributed by atoms with Crippen LogP contribution in [0.15, 0.2) is 91.3 Å². The Morgan fingerprint density at radius 2 is 1.85 bits per heavy atom. The third kappa shape index (κ3) is 4.43. The smallest absolute Gasteiger partial charge is 0.276 e. The molecule has 0 aliphatic rings. The van der Waals surface area contributed by atoms with Crippen LogP contribution < -0.4 is 9.64 Å². The molecule has 162 valence electrons. The van der Waals surface area contributed by atoms with Gasteiger partial charge in [0.1, 0.15) is 18.1 Å². The van der Waals surface area contributed by atoms with Gasteiger partial charge in [-0.2, -0.15) is 5.10 Å². The number of benzene rings is 2. The molecule has 0 aliphatic heterocycles. The highest BCUT2D eigenvalue weighted by molar-refractivity contribution is 6.04. The standard InChI is InChI=1S/C26H21N5O2/c1-31(26(32)25-15-24(29-30-25)19-6-4-14-27-16-19)21-10-12-22(13-11-21)33-17-20-9-8-18-5-2-3-7-23(18)28-20/h2-16H,17H2,1H3,(H,29,30). The van der Waals surface area contributed by atoms with Crippen molar-refractivity contribution < 1.29 is 9.53 Å².